The van der Waals surface area contributed by atoms with Gasteiger partial charge in [0.1, 0.15) is 17.5 Å². The molecular formula is C13H21F3N4. The number of anilines is 2. The summed E-state index contributed by atoms with van der Waals surface area (Å²) in [5, 5.41) is 5.90. The Hall–Kier alpha value is -1.53. The highest BCUT2D eigenvalue weighted by atomic mass is 19.4. The number of nitrogens with zero attached hydrogens (tertiary/aromatic N) is 2. The first kappa shape index (κ1) is 16.5. The summed E-state index contributed by atoms with van der Waals surface area (Å²) >= 11 is 0. The minimum atomic E-state index is -4.18. The lowest BCUT2D eigenvalue weighted by Crippen LogP contribution is -2.24. The molecule has 0 aliphatic carbocycles. The van der Waals surface area contributed by atoms with E-state index < -0.39 is 18.6 Å². The van der Waals surface area contributed by atoms with Gasteiger partial charge in [0.2, 0.25) is 0 Å². The molecule has 0 radical (unpaired) electrons. The highest BCUT2D eigenvalue weighted by Gasteiger charge is 2.30. The lowest BCUT2D eigenvalue weighted by atomic mass is 10.2. The van der Waals surface area contributed by atoms with Crippen LogP contribution in [0.1, 0.15) is 39.4 Å². The molecule has 0 saturated carbocycles. The first-order valence-corrected chi connectivity index (χ1v) is 6.79. The highest BCUT2D eigenvalue weighted by molar-refractivity contribution is 5.48. The molecule has 1 atom stereocenters. The van der Waals surface area contributed by atoms with Crippen molar-refractivity contribution in [2.45, 2.75) is 52.3 Å². The molecule has 0 fully saturated rings. The molecule has 0 spiro atoms. The smallest absolute Gasteiger partial charge is 0.370 e. The number of rotatable bonds is 7. The van der Waals surface area contributed by atoms with Crippen LogP contribution >= 0.6 is 0 Å². The van der Waals surface area contributed by atoms with Gasteiger partial charge in [0.25, 0.3) is 0 Å². The van der Waals surface area contributed by atoms with E-state index in [1.165, 1.54) is 6.92 Å². The Balaban J connectivity index is 2.77. The monoisotopic (exact) mass is 290 g/mol. The summed E-state index contributed by atoms with van der Waals surface area (Å²) < 4.78 is 36.9. The molecule has 0 amide bonds. The van der Waals surface area contributed by atoms with Crippen molar-refractivity contribution in [3.63, 3.8) is 0 Å². The SMILES string of the molecule is CCCNc1cc(NC(C)CC(F)(F)F)nc(CC)n1. The number of aryl methyl sites for hydroxylation is 1. The van der Waals surface area contributed by atoms with Gasteiger partial charge in [-0.1, -0.05) is 13.8 Å². The molecule has 0 bridgehead atoms. The van der Waals surface area contributed by atoms with Gasteiger partial charge in [-0.05, 0) is 13.3 Å². The molecule has 20 heavy (non-hydrogen) atoms. The number of hydrogen-bond donors (Lipinski definition) is 2. The van der Waals surface area contributed by atoms with E-state index in [1.807, 2.05) is 13.8 Å². The topological polar surface area (TPSA) is 49.8 Å². The van der Waals surface area contributed by atoms with Crippen LogP contribution in [0.15, 0.2) is 6.07 Å². The molecule has 4 nitrogen and oxygen atoms in total. The standard InChI is InChI=1S/C13H21F3N4/c1-4-6-17-11-7-12(20-10(5-2)19-11)18-9(3)8-13(14,15)16/h7,9H,4-6,8H2,1-3H3,(H2,17,18,19,20). The minimum Gasteiger partial charge on any atom is -0.370 e. The summed E-state index contributed by atoms with van der Waals surface area (Å²) in [4.78, 5) is 8.49. The molecule has 0 aromatic carbocycles. The van der Waals surface area contributed by atoms with E-state index in [0.29, 0.717) is 23.9 Å². The third-order valence-corrected chi connectivity index (χ3v) is 2.58. The minimum absolute atomic E-state index is 0.423. The Labute approximate surface area is 117 Å². The number of hydrogen-bond acceptors (Lipinski definition) is 4. The van der Waals surface area contributed by atoms with E-state index in [2.05, 4.69) is 20.6 Å². The van der Waals surface area contributed by atoms with E-state index in [1.54, 1.807) is 6.07 Å². The van der Waals surface area contributed by atoms with Gasteiger partial charge in [0.15, 0.2) is 0 Å². The average Bonchev–Trinajstić information content (AvgIpc) is 2.33. The van der Waals surface area contributed by atoms with Crippen LogP contribution in [0.2, 0.25) is 0 Å². The van der Waals surface area contributed by atoms with Gasteiger partial charge in [-0.25, -0.2) is 9.97 Å². The van der Waals surface area contributed by atoms with Gasteiger partial charge in [-0.2, -0.15) is 13.2 Å². The zero-order valence-corrected chi connectivity index (χ0v) is 12.0. The van der Waals surface area contributed by atoms with Crippen LogP contribution in [0, 0.1) is 0 Å². The van der Waals surface area contributed by atoms with Crippen molar-refractivity contribution in [1.82, 2.24) is 9.97 Å². The molecule has 114 valence electrons. The average molecular weight is 290 g/mol. The van der Waals surface area contributed by atoms with Gasteiger partial charge in [0, 0.05) is 25.1 Å². The van der Waals surface area contributed by atoms with Gasteiger partial charge in [-0.15, -0.1) is 0 Å². The lowest BCUT2D eigenvalue weighted by Gasteiger charge is -2.17. The molecule has 0 saturated heterocycles. The Kier molecular flexibility index (Phi) is 6.04. The summed E-state index contributed by atoms with van der Waals surface area (Å²) in [5.74, 6) is 1.67. The molecule has 1 heterocycles. The zero-order chi connectivity index (χ0) is 15.2. The van der Waals surface area contributed by atoms with Crippen molar-refractivity contribution in [3.05, 3.63) is 11.9 Å². The number of aromatic nitrogens is 2. The second-order valence-corrected chi connectivity index (χ2v) is 4.70. The van der Waals surface area contributed by atoms with Crippen LogP contribution in [0.3, 0.4) is 0 Å². The maximum absolute atomic E-state index is 12.3. The van der Waals surface area contributed by atoms with Gasteiger partial charge < -0.3 is 10.6 Å². The second-order valence-electron chi connectivity index (χ2n) is 4.70. The summed E-state index contributed by atoms with van der Waals surface area (Å²) in [7, 11) is 0. The van der Waals surface area contributed by atoms with Gasteiger partial charge in [0.05, 0.1) is 6.42 Å². The Morgan fingerprint density at radius 2 is 1.85 bits per heavy atom. The zero-order valence-electron chi connectivity index (χ0n) is 12.0. The van der Waals surface area contributed by atoms with E-state index in [-0.39, 0.29) is 0 Å². The first-order chi connectivity index (χ1) is 9.34. The largest absolute Gasteiger partial charge is 0.391 e. The first-order valence-electron chi connectivity index (χ1n) is 6.79. The Morgan fingerprint density at radius 1 is 1.20 bits per heavy atom. The molecule has 1 unspecified atom stereocenters. The number of halogens is 3. The third-order valence-electron chi connectivity index (χ3n) is 2.58. The Bertz CT molecular complexity index is 421. The van der Waals surface area contributed by atoms with Gasteiger partial charge in [-0.3, -0.25) is 0 Å². The molecule has 0 aliphatic heterocycles. The van der Waals surface area contributed by atoms with Crippen molar-refractivity contribution in [3.8, 4) is 0 Å². The number of alkyl halides is 3. The van der Waals surface area contributed by atoms with Crippen molar-refractivity contribution < 1.29 is 13.2 Å². The van der Waals surface area contributed by atoms with Crippen LogP contribution < -0.4 is 10.6 Å². The molecule has 1 aromatic rings. The molecule has 2 N–H and O–H groups in total. The maximum atomic E-state index is 12.3. The fourth-order valence-corrected chi connectivity index (χ4v) is 1.72. The predicted molar refractivity (Wildman–Crippen MR) is 73.9 cm³/mol. The number of nitrogens with one attached hydrogen (secondary N) is 2. The summed E-state index contributed by atoms with van der Waals surface area (Å²) in [6, 6.07) is 0.912. The predicted octanol–water partition coefficient (Wildman–Crippen LogP) is 3.61. The molecular weight excluding hydrogens is 269 g/mol. The van der Waals surface area contributed by atoms with Crippen LogP contribution in [-0.2, 0) is 6.42 Å². The fourth-order valence-electron chi connectivity index (χ4n) is 1.72. The van der Waals surface area contributed by atoms with Crippen molar-refractivity contribution in [2.75, 3.05) is 17.2 Å². The molecule has 0 aliphatic rings. The lowest BCUT2D eigenvalue weighted by molar-refractivity contribution is -0.136. The fraction of sp³-hybridized carbons (Fsp3) is 0.692. The Morgan fingerprint density at radius 3 is 2.40 bits per heavy atom. The van der Waals surface area contributed by atoms with E-state index in [0.717, 1.165) is 13.0 Å². The van der Waals surface area contributed by atoms with Crippen LogP contribution in [0.5, 0.6) is 0 Å². The third kappa shape index (κ3) is 6.08. The quantitative estimate of drug-likeness (QED) is 0.805. The van der Waals surface area contributed by atoms with Crippen molar-refractivity contribution in [2.24, 2.45) is 0 Å². The van der Waals surface area contributed by atoms with E-state index >= 15 is 0 Å². The van der Waals surface area contributed by atoms with E-state index in [4.69, 9.17) is 0 Å². The van der Waals surface area contributed by atoms with Crippen molar-refractivity contribution >= 4 is 11.6 Å². The summed E-state index contributed by atoms with van der Waals surface area (Å²) in [6.07, 6.45) is -3.50. The molecule has 1 aromatic heterocycles. The maximum Gasteiger partial charge on any atom is 0.391 e. The highest BCUT2D eigenvalue weighted by Crippen LogP contribution is 2.23. The van der Waals surface area contributed by atoms with Crippen molar-refractivity contribution in [1.29, 1.82) is 0 Å². The second kappa shape index (κ2) is 7.31. The van der Waals surface area contributed by atoms with Crippen LogP contribution in [-0.4, -0.2) is 28.7 Å². The molecule has 7 heteroatoms. The summed E-state index contributed by atoms with van der Waals surface area (Å²) in [5.41, 5.74) is 0. The van der Waals surface area contributed by atoms with E-state index in [9.17, 15) is 13.2 Å². The normalized spacial score (nSPS) is 13.1. The van der Waals surface area contributed by atoms with Crippen LogP contribution in [0.25, 0.3) is 0 Å². The molecule has 1 rings (SSSR count). The van der Waals surface area contributed by atoms with Crippen LogP contribution in [0.4, 0.5) is 24.8 Å². The van der Waals surface area contributed by atoms with Gasteiger partial charge >= 0.3 is 6.18 Å². The summed E-state index contributed by atoms with van der Waals surface area (Å²) in [6.45, 7) is 6.18.